The van der Waals surface area contributed by atoms with E-state index in [0.717, 1.165) is 15.6 Å². The van der Waals surface area contributed by atoms with Crippen molar-refractivity contribution in [3.05, 3.63) is 64.1 Å². The first-order valence-corrected chi connectivity index (χ1v) is 9.83. The zero-order valence-electron chi connectivity index (χ0n) is 14.9. The average molecular weight is 438 g/mol. The first kappa shape index (κ1) is 17.3. The summed E-state index contributed by atoms with van der Waals surface area (Å²) in [6.07, 6.45) is 1.70. The second-order valence-corrected chi connectivity index (χ2v) is 8.21. The van der Waals surface area contributed by atoms with E-state index < -0.39 is 23.9 Å². The molecule has 2 aromatic rings. The lowest BCUT2D eigenvalue weighted by Crippen LogP contribution is -2.43. The number of carbonyl (C=O) groups is 3. The summed E-state index contributed by atoms with van der Waals surface area (Å²) < 4.78 is 0.860. The third-order valence-corrected chi connectivity index (χ3v) is 6.32. The Labute approximate surface area is 169 Å². The Morgan fingerprint density at radius 2 is 1.68 bits per heavy atom. The number of imide groups is 1. The van der Waals surface area contributed by atoms with Gasteiger partial charge in [0.05, 0.1) is 29.8 Å². The second-order valence-electron chi connectivity index (χ2n) is 7.29. The molecule has 140 valence electrons. The molecule has 0 saturated carbocycles. The van der Waals surface area contributed by atoms with Crippen LogP contribution in [0.15, 0.2) is 58.1 Å². The molecule has 28 heavy (non-hydrogen) atoms. The molecule has 2 aromatic carbocycles. The molecule has 1 unspecified atom stereocenters. The van der Waals surface area contributed by atoms with Gasteiger partial charge in [-0.05, 0) is 42.3 Å². The third kappa shape index (κ3) is 2.26. The highest BCUT2D eigenvalue weighted by Crippen LogP contribution is 2.52. The number of halogens is 1. The Morgan fingerprint density at radius 3 is 2.39 bits per heavy atom. The molecule has 7 heteroatoms. The van der Waals surface area contributed by atoms with Crippen molar-refractivity contribution in [3.8, 4) is 0 Å². The number of hydrogen-bond acceptors (Lipinski definition) is 5. The van der Waals surface area contributed by atoms with E-state index in [-0.39, 0.29) is 17.6 Å². The van der Waals surface area contributed by atoms with Crippen LogP contribution in [0.4, 0.5) is 5.69 Å². The van der Waals surface area contributed by atoms with Crippen LogP contribution in [0.1, 0.15) is 24.1 Å². The minimum Gasteiger partial charge on any atom is -0.298 e. The number of anilines is 1. The number of amides is 2. The second kappa shape index (κ2) is 6.10. The smallest absolute Gasteiger partial charge is 0.240 e. The highest BCUT2D eigenvalue weighted by molar-refractivity contribution is 9.10. The minimum atomic E-state index is -0.739. The Bertz CT molecular complexity index is 1050. The van der Waals surface area contributed by atoms with Crippen molar-refractivity contribution in [2.45, 2.75) is 19.0 Å². The molecule has 4 atom stereocenters. The predicted octanol–water partition coefficient (Wildman–Crippen LogP) is 2.92. The molecule has 3 heterocycles. The minimum absolute atomic E-state index is 0.159. The van der Waals surface area contributed by atoms with Crippen LogP contribution in [0.2, 0.25) is 0 Å². The molecule has 0 aliphatic carbocycles. The SMILES string of the molecule is CC(=O)[C@H]1[C@H]2C(=O)N(c3ccc(Br)cc3)C(=O)[C@H]2C2c3ccccc3C=NN21. The van der Waals surface area contributed by atoms with Gasteiger partial charge in [-0.2, -0.15) is 5.10 Å². The van der Waals surface area contributed by atoms with Gasteiger partial charge < -0.3 is 0 Å². The monoisotopic (exact) mass is 437 g/mol. The molecule has 5 rings (SSSR count). The fourth-order valence-corrected chi connectivity index (χ4v) is 4.93. The number of hydrogen-bond donors (Lipinski definition) is 0. The van der Waals surface area contributed by atoms with Gasteiger partial charge in [-0.15, -0.1) is 0 Å². The van der Waals surface area contributed by atoms with Crippen LogP contribution in [0, 0.1) is 11.8 Å². The first-order valence-electron chi connectivity index (χ1n) is 9.04. The molecule has 3 aliphatic heterocycles. The van der Waals surface area contributed by atoms with Crippen molar-refractivity contribution >= 4 is 45.4 Å². The summed E-state index contributed by atoms with van der Waals surface area (Å²) in [5, 5.41) is 6.12. The maximum absolute atomic E-state index is 13.4. The predicted molar refractivity (Wildman–Crippen MR) is 107 cm³/mol. The third-order valence-electron chi connectivity index (χ3n) is 5.79. The summed E-state index contributed by atoms with van der Waals surface area (Å²) >= 11 is 3.37. The van der Waals surface area contributed by atoms with Gasteiger partial charge in [0.1, 0.15) is 6.04 Å². The maximum Gasteiger partial charge on any atom is 0.240 e. The fraction of sp³-hybridized carbons (Fsp3) is 0.238. The number of Topliss-reactive ketones (excluding diaryl/α,β-unsaturated/α-hetero) is 1. The van der Waals surface area contributed by atoms with Gasteiger partial charge in [-0.3, -0.25) is 19.4 Å². The van der Waals surface area contributed by atoms with Crippen molar-refractivity contribution < 1.29 is 14.4 Å². The molecule has 0 spiro atoms. The Kier molecular flexibility index (Phi) is 3.77. The topological polar surface area (TPSA) is 70.0 Å². The van der Waals surface area contributed by atoms with E-state index in [4.69, 9.17) is 0 Å². The summed E-state index contributed by atoms with van der Waals surface area (Å²) in [5.74, 6) is -2.14. The highest BCUT2D eigenvalue weighted by Gasteiger charge is 2.64. The standard InChI is InChI=1S/C21H16BrN3O3/c1-11(26)18-16-17(19-15-5-3-2-4-12(15)10-23-25(18)19)21(28)24(20(16)27)14-8-6-13(22)7-9-14/h2-10,16-19H,1H3/t16-,17+,18-,19?/m0/s1. The van der Waals surface area contributed by atoms with Crippen LogP contribution in [0.3, 0.4) is 0 Å². The number of fused-ring (bicyclic) bond motifs is 5. The maximum atomic E-state index is 13.4. The number of nitrogens with zero attached hydrogens (tertiary/aromatic N) is 3. The largest absolute Gasteiger partial charge is 0.298 e. The van der Waals surface area contributed by atoms with Gasteiger partial charge in [0.15, 0.2) is 5.78 Å². The Hall–Kier alpha value is -2.80. The van der Waals surface area contributed by atoms with Crippen LogP contribution < -0.4 is 4.90 Å². The quantitative estimate of drug-likeness (QED) is 0.677. The van der Waals surface area contributed by atoms with Gasteiger partial charge in [0, 0.05) is 4.47 Å². The van der Waals surface area contributed by atoms with Gasteiger partial charge in [0.2, 0.25) is 11.8 Å². The van der Waals surface area contributed by atoms with Crippen LogP contribution in [0.25, 0.3) is 0 Å². The molecule has 2 saturated heterocycles. The molecule has 0 bridgehead atoms. The summed E-state index contributed by atoms with van der Waals surface area (Å²) in [5.41, 5.74) is 2.36. The van der Waals surface area contributed by atoms with Crippen molar-refractivity contribution in [1.82, 2.24) is 5.01 Å². The summed E-state index contributed by atoms with van der Waals surface area (Å²) in [7, 11) is 0. The molecule has 3 aliphatic rings. The molecule has 0 aromatic heterocycles. The lowest BCUT2D eigenvalue weighted by molar-refractivity contribution is -0.129. The van der Waals surface area contributed by atoms with Crippen molar-refractivity contribution in [2.24, 2.45) is 16.9 Å². The first-order chi connectivity index (χ1) is 13.5. The van der Waals surface area contributed by atoms with E-state index in [9.17, 15) is 14.4 Å². The molecular weight excluding hydrogens is 422 g/mol. The van der Waals surface area contributed by atoms with E-state index in [1.807, 2.05) is 24.3 Å². The zero-order valence-corrected chi connectivity index (χ0v) is 16.5. The lowest BCUT2D eigenvalue weighted by atomic mass is 9.84. The Balaban J connectivity index is 1.65. The number of rotatable bonds is 2. The van der Waals surface area contributed by atoms with Crippen molar-refractivity contribution in [2.75, 3.05) is 4.90 Å². The zero-order chi connectivity index (χ0) is 19.6. The molecule has 2 amide bonds. The van der Waals surface area contributed by atoms with Gasteiger partial charge in [-0.25, -0.2) is 4.90 Å². The summed E-state index contributed by atoms with van der Waals surface area (Å²) in [4.78, 5) is 40.5. The summed E-state index contributed by atoms with van der Waals surface area (Å²) in [6, 6.07) is 13.6. The van der Waals surface area contributed by atoms with Crippen LogP contribution in [0.5, 0.6) is 0 Å². The number of benzene rings is 2. The molecule has 0 radical (unpaired) electrons. The van der Waals surface area contributed by atoms with E-state index in [1.54, 1.807) is 35.5 Å². The van der Waals surface area contributed by atoms with E-state index in [2.05, 4.69) is 21.0 Å². The normalized spacial score (nSPS) is 27.6. The lowest BCUT2D eigenvalue weighted by Gasteiger charge is -2.33. The number of carbonyl (C=O) groups excluding carboxylic acids is 3. The number of ketones is 1. The van der Waals surface area contributed by atoms with E-state index in [1.165, 1.54) is 11.8 Å². The highest BCUT2D eigenvalue weighted by atomic mass is 79.9. The average Bonchev–Trinajstić information content (AvgIpc) is 3.16. The number of hydrazone groups is 1. The van der Waals surface area contributed by atoms with E-state index in [0.29, 0.717) is 5.69 Å². The van der Waals surface area contributed by atoms with Crippen molar-refractivity contribution in [1.29, 1.82) is 0 Å². The molecule has 6 nitrogen and oxygen atoms in total. The van der Waals surface area contributed by atoms with Crippen LogP contribution in [-0.4, -0.2) is 34.9 Å². The molecule has 0 N–H and O–H groups in total. The van der Waals surface area contributed by atoms with Crippen LogP contribution in [-0.2, 0) is 14.4 Å². The van der Waals surface area contributed by atoms with Crippen LogP contribution >= 0.6 is 15.9 Å². The molecular formula is C21H16BrN3O3. The summed E-state index contributed by atoms with van der Waals surface area (Å²) in [6.45, 7) is 1.46. The Morgan fingerprint density at radius 1 is 1.00 bits per heavy atom. The fourth-order valence-electron chi connectivity index (χ4n) is 4.67. The molecule has 2 fully saturated rings. The van der Waals surface area contributed by atoms with Gasteiger partial charge in [-0.1, -0.05) is 40.2 Å². The van der Waals surface area contributed by atoms with Crippen molar-refractivity contribution in [3.63, 3.8) is 0 Å². The van der Waals surface area contributed by atoms with Gasteiger partial charge >= 0.3 is 0 Å². The van der Waals surface area contributed by atoms with Gasteiger partial charge in [0.25, 0.3) is 0 Å². The van der Waals surface area contributed by atoms with E-state index >= 15 is 0 Å².